The van der Waals surface area contributed by atoms with E-state index in [1.54, 1.807) is 0 Å². The van der Waals surface area contributed by atoms with Gasteiger partial charge in [-0.15, -0.1) is 5.10 Å². The average Bonchev–Trinajstić information content (AvgIpc) is 2.86. The maximum Gasteiger partial charge on any atom is 0.364 e. The number of nitrogens with zero attached hydrogens (tertiary/aromatic N) is 4. The van der Waals surface area contributed by atoms with Crippen molar-refractivity contribution in [2.75, 3.05) is 31.1 Å². The van der Waals surface area contributed by atoms with Gasteiger partial charge in [0.1, 0.15) is 5.82 Å². The van der Waals surface area contributed by atoms with E-state index in [1.165, 1.54) is 10.9 Å². The zero-order valence-corrected chi connectivity index (χ0v) is 11.7. The molecule has 0 spiro atoms. The van der Waals surface area contributed by atoms with E-state index in [-0.39, 0.29) is 5.69 Å². The van der Waals surface area contributed by atoms with Gasteiger partial charge in [-0.2, -0.15) is 9.61 Å². The summed E-state index contributed by atoms with van der Waals surface area (Å²) in [6.45, 7) is 6.15. The molecule has 0 bridgehead atoms. The van der Waals surface area contributed by atoms with Crippen molar-refractivity contribution in [2.24, 2.45) is 5.92 Å². The molecule has 1 aliphatic rings. The van der Waals surface area contributed by atoms with Gasteiger partial charge in [-0.05, 0) is 44.0 Å². The Kier molecular flexibility index (Phi) is 3.68. The van der Waals surface area contributed by atoms with Gasteiger partial charge in [-0.1, -0.05) is 6.92 Å². The molecule has 7 nitrogen and oxygen atoms in total. The van der Waals surface area contributed by atoms with Crippen molar-refractivity contribution in [2.45, 2.75) is 19.8 Å². The Labute approximate surface area is 117 Å². The summed E-state index contributed by atoms with van der Waals surface area (Å²) < 4.78 is 1.32. The third-order valence-corrected chi connectivity index (χ3v) is 3.79. The minimum atomic E-state index is -0.289. The topological polar surface area (TPSA) is 78.3 Å². The fraction of sp³-hybridized carbons (Fsp3) is 0.615. The minimum absolute atomic E-state index is 0.289. The Hall–Kier alpha value is -1.89. The van der Waals surface area contributed by atoms with Crippen LogP contribution in [-0.4, -0.2) is 46.0 Å². The lowest BCUT2D eigenvalue weighted by Gasteiger charge is -2.33. The monoisotopic (exact) mass is 276 g/mol. The van der Waals surface area contributed by atoms with E-state index in [0.717, 1.165) is 38.4 Å². The predicted octanol–water partition coefficient (Wildman–Crippen LogP) is 0.244. The van der Waals surface area contributed by atoms with Gasteiger partial charge in [-0.3, -0.25) is 0 Å². The van der Waals surface area contributed by atoms with Gasteiger partial charge < -0.3 is 10.2 Å². The molecule has 1 atom stereocenters. The second-order valence-electron chi connectivity index (χ2n) is 5.25. The molecule has 2 aromatic rings. The number of nitrogens with one attached hydrogen (secondary N) is 2. The number of hydrogen-bond acceptors (Lipinski definition) is 5. The SMILES string of the molecule is CCNCC1CCCN(c2ccc3n[nH]c(=O)n3n2)C1. The molecule has 2 aromatic heterocycles. The molecule has 3 heterocycles. The number of H-pyrrole nitrogens is 1. The van der Waals surface area contributed by atoms with Gasteiger partial charge >= 0.3 is 5.69 Å². The summed E-state index contributed by atoms with van der Waals surface area (Å²) in [6, 6.07) is 3.76. The number of anilines is 1. The molecule has 1 aliphatic heterocycles. The van der Waals surface area contributed by atoms with E-state index in [1.807, 2.05) is 12.1 Å². The normalized spacial score (nSPS) is 19.6. The maximum absolute atomic E-state index is 11.6. The number of aromatic nitrogens is 4. The lowest BCUT2D eigenvalue weighted by molar-refractivity contribution is 0.393. The van der Waals surface area contributed by atoms with E-state index >= 15 is 0 Å². The van der Waals surface area contributed by atoms with E-state index in [4.69, 9.17) is 0 Å². The molecule has 108 valence electrons. The molecule has 3 rings (SSSR count). The highest BCUT2D eigenvalue weighted by Crippen LogP contribution is 2.20. The fourth-order valence-electron chi connectivity index (χ4n) is 2.75. The van der Waals surface area contributed by atoms with Crippen LogP contribution in [0.1, 0.15) is 19.8 Å². The average molecular weight is 276 g/mol. The first kappa shape index (κ1) is 13.1. The molecule has 20 heavy (non-hydrogen) atoms. The first-order valence-corrected chi connectivity index (χ1v) is 7.18. The summed E-state index contributed by atoms with van der Waals surface area (Å²) in [4.78, 5) is 13.8. The van der Waals surface area contributed by atoms with Gasteiger partial charge in [0.2, 0.25) is 0 Å². The Balaban J connectivity index is 1.79. The van der Waals surface area contributed by atoms with E-state index in [9.17, 15) is 4.79 Å². The first-order chi connectivity index (χ1) is 9.78. The molecular formula is C13H20N6O. The van der Waals surface area contributed by atoms with Crippen LogP contribution in [-0.2, 0) is 0 Å². The van der Waals surface area contributed by atoms with Crippen LogP contribution in [0.3, 0.4) is 0 Å². The second kappa shape index (κ2) is 5.62. The second-order valence-corrected chi connectivity index (χ2v) is 5.25. The Morgan fingerprint density at radius 1 is 1.50 bits per heavy atom. The molecule has 7 heteroatoms. The highest BCUT2D eigenvalue weighted by Gasteiger charge is 2.21. The maximum atomic E-state index is 11.6. The van der Waals surface area contributed by atoms with Crippen LogP contribution in [0.4, 0.5) is 5.82 Å². The summed E-state index contributed by atoms with van der Waals surface area (Å²) in [5, 5.41) is 14.1. The third-order valence-electron chi connectivity index (χ3n) is 3.79. The first-order valence-electron chi connectivity index (χ1n) is 7.18. The van der Waals surface area contributed by atoms with Crippen LogP contribution in [0.5, 0.6) is 0 Å². The zero-order chi connectivity index (χ0) is 13.9. The van der Waals surface area contributed by atoms with Crippen molar-refractivity contribution in [1.82, 2.24) is 25.1 Å². The van der Waals surface area contributed by atoms with Crippen molar-refractivity contribution in [1.29, 1.82) is 0 Å². The molecule has 0 aromatic carbocycles. The van der Waals surface area contributed by atoms with Crippen LogP contribution in [0.25, 0.3) is 5.65 Å². The molecule has 0 amide bonds. The van der Waals surface area contributed by atoms with Crippen LogP contribution in [0.2, 0.25) is 0 Å². The molecular weight excluding hydrogens is 256 g/mol. The van der Waals surface area contributed by atoms with Crippen LogP contribution in [0, 0.1) is 5.92 Å². The molecule has 1 saturated heterocycles. The van der Waals surface area contributed by atoms with E-state index in [2.05, 4.69) is 32.4 Å². The van der Waals surface area contributed by atoms with Gasteiger partial charge in [0.05, 0.1) is 0 Å². The summed E-state index contributed by atoms with van der Waals surface area (Å²) >= 11 is 0. The number of fused-ring (bicyclic) bond motifs is 1. The van der Waals surface area contributed by atoms with Crippen LogP contribution < -0.4 is 15.9 Å². The number of piperidine rings is 1. The summed E-state index contributed by atoms with van der Waals surface area (Å²) in [6.07, 6.45) is 2.41. The molecule has 0 aliphatic carbocycles. The van der Waals surface area contributed by atoms with Crippen molar-refractivity contribution < 1.29 is 0 Å². The molecule has 2 N–H and O–H groups in total. The molecule has 0 saturated carbocycles. The molecule has 0 radical (unpaired) electrons. The van der Waals surface area contributed by atoms with Crippen LogP contribution in [0.15, 0.2) is 16.9 Å². The minimum Gasteiger partial charge on any atom is -0.355 e. The highest BCUT2D eigenvalue weighted by atomic mass is 16.2. The Morgan fingerprint density at radius 2 is 2.40 bits per heavy atom. The quantitative estimate of drug-likeness (QED) is 0.836. The van der Waals surface area contributed by atoms with Crippen molar-refractivity contribution in [3.63, 3.8) is 0 Å². The van der Waals surface area contributed by atoms with Crippen molar-refractivity contribution in [3.05, 3.63) is 22.6 Å². The Bertz CT molecular complexity index is 633. The van der Waals surface area contributed by atoms with Gasteiger partial charge in [0.15, 0.2) is 5.65 Å². The summed E-state index contributed by atoms with van der Waals surface area (Å²) in [5.41, 5.74) is 0.267. The number of hydrogen-bond donors (Lipinski definition) is 2. The van der Waals surface area contributed by atoms with E-state index in [0.29, 0.717) is 11.6 Å². The smallest absolute Gasteiger partial charge is 0.355 e. The van der Waals surface area contributed by atoms with E-state index < -0.39 is 0 Å². The van der Waals surface area contributed by atoms with Gasteiger partial charge in [-0.25, -0.2) is 9.89 Å². The number of rotatable bonds is 4. The Morgan fingerprint density at radius 3 is 3.25 bits per heavy atom. The standard InChI is InChI=1S/C13H20N6O/c1-2-14-8-10-4-3-7-18(9-10)12-6-5-11-15-16-13(20)19(11)17-12/h5-6,10,14H,2-4,7-9H2,1H3,(H,16,20). The third kappa shape index (κ3) is 2.53. The highest BCUT2D eigenvalue weighted by molar-refractivity contribution is 5.45. The predicted molar refractivity (Wildman–Crippen MR) is 77.1 cm³/mol. The summed E-state index contributed by atoms with van der Waals surface area (Å²) in [7, 11) is 0. The molecule has 1 unspecified atom stereocenters. The van der Waals surface area contributed by atoms with Crippen LogP contribution >= 0.6 is 0 Å². The largest absolute Gasteiger partial charge is 0.364 e. The zero-order valence-electron chi connectivity index (χ0n) is 11.7. The lowest BCUT2D eigenvalue weighted by atomic mass is 9.98. The summed E-state index contributed by atoms with van der Waals surface area (Å²) in [5.74, 6) is 1.49. The number of aromatic amines is 1. The molecule has 1 fully saturated rings. The lowest BCUT2D eigenvalue weighted by Crippen LogP contribution is -2.40. The van der Waals surface area contributed by atoms with Gasteiger partial charge in [0.25, 0.3) is 0 Å². The van der Waals surface area contributed by atoms with Crippen molar-refractivity contribution in [3.8, 4) is 0 Å². The van der Waals surface area contributed by atoms with Crippen molar-refractivity contribution >= 4 is 11.5 Å². The van der Waals surface area contributed by atoms with Gasteiger partial charge in [0, 0.05) is 13.1 Å². The fourth-order valence-corrected chi connectivity index (χ4v) is 2.75.